The standard InChI is InChI=1S/C22H23Cl2F3O5/c1-4-5-15(10-13-6-8-14(9-7-13)31-22(25,26)27)30-18-11-17(24)19(12-16(18)23)32-21(2,3)20(28)29/h6-9,11-12,15H,4-5,10H2,1-3H3,(H,28,29). The van der Waals surface area contributed by atoms with Gasteiger partial charge in [0.25, 0.3) is 0 Å². The highest BCUT2D eigenvalue weighted by Gasteiger charge is 2.31. The Hall–Kier alpha value is -2.32. The van der Waals surface area contributed by atoms with Crippen LogP contribution in [0.25, 0.3) is 0 Å². The van der Waals surface area contributed by atoms with Crippen LogP contribution in [-0.2, 0) is 11.2 Å². The van der Waals surface area contributed by atoms with Crippen molar-refractivity contribution >= 4 is 29.2 Å². The second-order valence-electron chi connectivity index (χ2n) is 7.55. The Bertz CT molecular complexity index is 930. The molecule has 5 nitrogen and oxygen atoms in total. The van der Waals surface area contributed by atoms with E-state index in [1.54, 1.807) is 0 Å². The fraction of sp³-hybridized carbons (Fsp3) is 0.409. The van der Waals surface area contributed by atoms with E-state index in [9.17, 15) is 23.1 Å². The van der Waals surface area contributed by atoms with E-state index in [1.165, 1.54) is 50.2 Å². The molecule has 2 aromatic rings. The lowest BCUT2D eigenvalue weighted by Gasteiger charge is -2.24. The predicted octanol–water partition coefficient (Wildman–Crippen LogP) is 6.92. The highest BCUT2D eigenvalue weighted by molar-refractivity contribution is 6.35. The molecule has 10 heteroatoms. The number of carboxylic acids is 1. The molecule has 1 N–H and O–H groups in total. The van der Waals surface area contributed by atoms with Crippen LogP contribution in [0.2, 0.25) is 10.0 Å². The maximum absolute atomic E-state index is 12.3. The first-order valence-corrected chi connectivity index (χ1v) is 10.5. The zero-order valence-corrected chi connectivity index (χ0v) is 19.1. The quantitative estimate of drug-likeness (QED) is 0.388. The minimum atomic E-state index is -4.75. The summed E-state index contributed by atoms with van der Waals surface area (Å²) in [5, 5.41) is 9.53. The zero-order chi connectivity index (χ0) is 24.1. The summed E-state index contributed by atoms with van der Waals surface area (Å²) in [7, 11) is 0. The molecular formula is C22H23Cl2F3O5. The van der Waals surface area contributed by atoms with Crippen molar-refractivity contribution in [3.8, 4) is 17.2 Å². The lowest BCUT2D eigenvalue weighted by Crippen LogP contribution is -2.37. The Morgan fingerprint density at radius 2 is 1.59 bits per heavy atom. The molecule has 0 aliphatic carbocycles. The number of ether oxygens (including phenoxy) is 3. The normalized spacial score (nSPS) is 12.9. The minimum Gasteiger partial charge on any atom is -0.488 e. The molecule has 1 unspecified atom stereocenters. The van der Waals surface area contributed by atoms with Crippen molar-refractivity contribution in [3.63, 3.8) is 0 Å². The SMILES string of the molecule is CCCC(Cc1ccc(OC(F)(F)F)cc1)Oc1cc(Cl)c(OC(C)(C)C(=O)O)cc1Cl. The third kappa shape index (κ3) is 7.67. The smallest absolute Gasteiger partial charge is 0.488 e. The van der Waals surface area contributed by atoms with Crippen molar-refractivity contribution in [2.24, 2.45) is 0 Å². The molecule has 0 aromatic heterocycles. The van der Waals surface area contributed by atoms with Crippen LogP contribution in [0.1, 0.15) is 39.2 Å². The molecule has 32 heavy (non-hydrogen) atoms. The number of halogens is 5. The van der Waals surface area contributed by atoms with Gasteiger partial charge in [-0.3, -0.25) is 0 Å². The van der Waals surface area contributed by atoms with Gasteiger partial charge in [0.15, 0.2) is 5.60 Å². The van der Waals surface area contributed by atoms with E-state index in [4.69, 9.17) is 32.7 Å². The molecule has 2 aromatic carbocycles. The first-order chi connectivity index (χ1) is 14.8. The van der Waals surface area contributed by atoms with Crippen LogP contribution >= 0.6 is 23.2 Å². The van der Waals surface area contributed by atoms with Gasteiger partial charge in [-0.1, -0.05) is 48.7 Å². The molecule has 0 heterocycles. The summed E-state index contributed by atoms with van der Waals surface area (Å²) in [6.45, 7) is 4.73. The molecule has 0 fully saturated rings. The second kappa shape index (κ2) is 10.5. The van der Waals surface area contributed by atoms with Gasteiger partial charge in [-0.05, 0) is 38.0 Å². The number of benzene rings is 2. The van der Waals surface area contributed by atoms with E-state index in [1.807, 2.05) is 6.92 Å². The number of hydrogen-bond donors (Lipinski definition) is 1. The second-order valence-corrected chi connectivity index (χ2v) is 8.37. The van der Waals surface area contributed by atoms with Crippen LogP contribution in [0.5, 0.6) is 17.2 Å². The van der Waals surface area contributed by atoms with Crippen LogP contribution in [0.4, 0.5) is 13.2 Å². The third-order valence-corrected chi connectivity index (χ3v) is 4.98. The molecule has 1 atom stereocenters. The van der Waals surface area contributed by atoms with Gasteiger partial charge in [0.1, 0.15) is 23.4 Å². The first-order valence-electron chi connectivity index (χ1n) is 9.73. The molecule has 0 bridgehead atoms. The highest BCUT2D eigenvalue weighted by atomic mass is 35.5. The van der Waals surface area contributed by atoms with E-state index >= 15 is 0 Å². The topological polar surface area (TPSA) is 65.0 Å². The fourth-order valence-corrected chi connectivity index (χ4v) is 3.18. The first kappa shape index (κ1) is 25.9. The van der Waals surface area contributed by atoms with Crippen molar-refractivity contribution < 1.29 is 37.3 Å². The van der Waals surface area contributed by atoms with Crippen LogP contribution in [0.3, 0.4) is 0 Å². The highest BCUT2D eigenvalue weighted by Crippen LogP contribution is 2.38. The molecule has 0 spiro atoms. The monoisotopic (exact) mass is 494 g/mol. The minimum absolute atomic E-state index is 0.101. The van der Waals surface area contributed by atoms with E-state index in [0.29, 0.717) is 12.8 Å². The van der Waals surface area contributed by atoms with E-state index in [0.717, 1.165) is 12.0 Å². The lowest BCUT2D eigenvalue weighted by atomic mass is 10.0. The van der Waals surface area contributed by atoms with Gasteiger partial charge in [-0.2, -0.15) is 0 Å². The van der Waals surface area contributed by atoms with Crippen molar-refractivity contribution in [3.05, 3.63) is 52.0 Å². The molecule has 0 aliphatic rings. The third-order valence-electron chi connectivity index (χ3n) is 4.39. The number of aliphatic carboxylic acids is 1. The van der Waals surface area contributed by atoms with Gasteiger partial charge in [0, 0.05) is 18.6 Å². The van der Waals surface area contributed by atoms with Gasteiger partial charge in [0.2, 0.25) is 0 Å². The van der Waals surface area contributed by atoms with Crippen LogP contribution in [0.15, 0.2) is 36.4 Å². The van der Waals surface area contributed by atoms with E-state index < -0.39 is 17.9 Å². The zero-order valence-electron chi connectivity index (χ0n) is 17.6. The van der Waals surface area contributed by atoms with Crippen molar-refractivity contribution in [2.75, 3.05) is 0 Å². The van der Waals surface area contributed by atoms with Gasteiger partial charge in [0.05, 0.1) is 10.0 Å². The van der Waals surface area contributed by atoms with E-state index in [2.05, 4.69) is 4.74 Å². The average Bonchev–Trinajstić information content (AvgIpc) is 2.66. The molecule has 176 valence electrons. The van der Waals surface area contributed by atoms with Crippen molar-refractivity contribution in [2.45, 2.75) is 58.1 Å². The summed E-state index contributed by atoms with van der Waals surface area (Å²) in [4.78, 5) is 11.3. The number of rotatable bonds is 10. The van der Waals surface area contributed by atoms with Crippen LogP contribution < -0.4 is 14.2 Å². The summed E-state index contributed by atoms with van der Waals surface area (Å²) >= 11 is 12.5. The fourth-order valence-electron chi connectivity index (χ4n) is 2.79. The van der Waals surface area contributed by atoms with Crippen LogP contribution in [-0.4, -0.2) is 29.1 Å². The number of alkyl halides is 3. The Balaban J connectivity index is 2.15. The summed E-state index contributed by atoms with van der Waals surface area (Å²) in [6.07, 6.45) is -3.22. The Kier molecular flexibility index (Phi) is 8.54. The molecular weight excluding hydrogens is 472 g/mol. The summed E-state index contributed by atoms with van der Waals surface area (Å²) in [5.74, 6) is -1.08. The Morgan fingerprint density at radius 3 is 2.12 bits per heavy atom. The molecule has 0 amide bonds. The number of hydrogen-bond acceptors (Lipinski definition) is 4. The van der Waals surface area contributed by atoms with Crippen molar-refractivity contribution in [1.82, 2.24) is 0 Å². The average molecular weight is 495 g/mol. The van der Waals surface area contributed by atoms with Gasteiger partial charge < -0.3 is 19.3 Å². The number of carbonyl (C=O) groups is 1. The van der Waals surface area contributed by atoms with Crippen LogP contribution in [0, 0.1) is 0 Å². The maximum atomic E-state index is 12.3. The van der Waals surface area contributed by atoms with Gasteiger partial charge >= 0.3 is 12.3 Å². The Morgan fingerprint density at radius 1 is 1.03 bits per heavy atom. The Labute approximate surface area is 194 Å². The predicted molar refractivity (Wildman–Crippen MR) is 115 cm³/mol. The number of carboxylic acid groups (broad SMARTS) is 1. The largest absolute Gasteiger partial charge is 0.573 e. The van der Waals surface area contributed by atoms with E-state index in [-0.39, 0.29) is 33.4 Å². The van der Waals surface area contributed by atoms with Gasteiger partial charge in [-0.25, -0.2) is 4.79 Å². The molecule has 0 radical (unpaired) electrons. The van der Waals surface area contributed by atoms with Crippen molar-refractivity contribution in [1.29, 1.82) is 0 Å². The molecule has 0 aliphatic heterocycles. The van der Waals surface area contributed by atoms with Gasteiger partial charge in [-0.15, -0.1) is 13.2 Å². The molecule has 2 rings (SSSR count). The summed E-state index contributed by atoms with van der Waals surface area (Å²) in [6, 6.07) is 8.38. The summed E-state index contributed by atoms with van der Waals surface area (Å²) in [5.41, 5.74) is -0.759. The molecule has 0 saturated carbocycles. The molecule has 0 saturated heterocycles. The maximum Gasteiger partial charge on any atom is 0.573 e. The summed E-state index contributed by atoms with van der Waals surface area (Å²) < 4.78 is 52.3. The lowest BCUT2D eigenvalue weighted by molar-refractivity contribution is -0.274.